The highest BCUT2D eigenvalue weighted by Gasteiger charge is 2.28. The van der Waals surface area contributed by atoms with Crippen molar-refractivity contribution in [2.24, 2.45) is 7.05 Å². The van der Waals surface area contributed by atoms with E-state index in [1.54, 1.807) is 24.7 Å². The number of ether oxygens (including phenoxy) is 1. The van der Waals surface area contributed by atoms with Gasteiger partial charge in [-0.1, -0.05) is 0 Å². The lowest BCUT2D eigenvalue weighted by molar-refractivity contribution is -0.111. The quantitative estimate of drug-likeness (QED) is 0.554. The largest absolute Gasteiger partial charge is 0.472 e. The number of aryl methyl sites for hydroxylation is 1. The maximum absolute atomic E-state index is 12.3. The number of amides is 2. The number of anilines is 1. The molecule has 1 atom stereocenters. The van der Waals surface area contributed by atoms with Gasteiger partial charge in [0.05, 0.1) is 36.7 Å². The molecule has 32 heavy (non-hydrogen) atoms. The van der Waals surface area contributed by atoms with Crippen LogP contribution in [0.2, 0.25) is 0 Å². The van der Waals surface area contributed by atoms with Crippen molar-refractivity contribution in [3.05, 3.63) is 64.5 Å². The molecule has 0 fully saturated rings. The van der Waals surface area contributed by atoms with Crippen LogP contribution in [-0.2, 0) is 36.0 Å². The van der Waals surface area contributed by atoms with Gasteiger partial charge in [-0.25, -0.2) is 9.78 Å². The molecule has 1 aliphatic carbocycles. The number of aromatic nitrogens is 2. The van der Waals surface area contributed by atoms with Gasteiger partial charge in [-0.05, 0) is 30.5 Å². The molecule has 3 aromatic rings. The Morgan fingerprint density at radius 2 is 2.38 bits per heavy atom. The average molecular weight is 452 g/mol. The van der Waals surface area contributed by atoms with Crippen LogP contribution in [0.5, 0.6) is 0 Å². The predicted octanol–water partition coefficient (Wildman–Crippen LogP) is 3.38. The number of thiophene rings is 1. The fourth-order valence-corrected chi connectivity index (χ4v) is 4.73. The first-order valence-electron chi connectivity index (χ1n) is 9.99. The average Bonchev–Trinajstić information content (AvgIpc) is 3.50. The van der Waals surface area contributed by atoms with Crippen LogP contribution in [0.1, 0.15) is 33.7 Å². The van der Waals surface area contributed by atoms with E-state index in [0.717, 1.165) is 21.7 Å². The van der Waals surface area contributed by atoms with Crippen LogP contribution < -0.4 is 10.6 Å². The number of nitrogens with one attached hydrogen (secondary N) is 2. The van der Waals surface area contributed by atoms with Crippen molar-refractivity contribution < 1.29 is 18.7 Å². The molecule has 164 valence electrons. The summed E-state index contributed by atoms with van der Waals surface area (Å²) in [5.74, 6) is -0.330. The summed E-state index contributed by atoms with van der Waals surface area (Å²) >= 11 is 1.35. The molecule has 4 rings (SSSR count). The lowest BCUT2D eigenvalue weighted by Crippen LogP contribution is -2.32. The standard InChI is InChI=1S/C22H21N5O4S/c1-27-13-24-10-15(27)11-25-22(29)31-16-3-4-17-18(9-23)21(32-19(17)8-16)26-20(28)5-2-14-6-7-30-12-14/h2,5-7,10,12-13,16H,3-4,8,11H2,1H3,(H,25,29)(H,26,28)/b5-2+. The maximum Gasteiger partial charge on any atom is 0.407 e. The van der Waals surface area contributed by atoms with Gasteiger partial charge in [-0.3, -0.25) is 4.79 Å². The van der Waals surface area contributed by atoms with E-state index in [9.17, 15) is 14.9 Å². The molecular formula is C22H21N5O4S. The second-order valence-electron chi connectivity index (χ2n) is 7.32. The van der Waals surface area contributed by atoms with Crippen LogP contribution in [-0.4, -0.2) is 27.7 Å². The summed E-state index contributed by atoms with van der Waals surface area (Å²) in [4.78, 5) is 29.4. The van der Waals surface area contributed by atoms with Gasteiger partial charge in [0.25, 0.3) is 0 Å². The van der Waals surface area contributed by atoms with Gasteiger partial charge in [-0.2, -0.15) is 5.26 Å². The normalized spacial score (nSPS) is 15.2. The number of imidazole rings is 1. The van der Waals surface area contributed by atoms with Crippen LogP contribution >= 0.6 is 11.3 Å². The Morgan fingerprint density at radius 1 is 1.50 bits per heavy atom. The lowest BCUT2D eigenvalue weighted by Gasteiger charge is -2.22. The van der Waals surface area contributed by atoms with E-state index in [1.165, 1.54) is 29.9 Å². The van der Waals surface area contributed by atoms with Gasteiger partial charge >= 0.3 is 6.09 Å². The monoisotopic (exact) mass is 451 g/mol. The number of nitrogens with zero attached hydrogens (tertiary/aromatic N) is 3. The molecule has 1 aliphatic rings. The van der Waals surface area contributed by atoms with Gasteiger partial charge in [0.15, 0.2) is 0 Å². The summed E-state index contributed by atoms with van der Waals surface area (Å²) in [6.45, 7) is 0.327. The first-order chi connectivity index (χ1) is 15.5. The Hall–Kier alpha value is -3.84. The van der Waals surface area contributed by atoms with Crippen LogP contribution in [0.25, 0.3) is 6.08 Å². The number of alkyl carbamates (subject to hydrolysis) is 1. The number of hydrogen-bond acceptors (Lipinski definition) is 7. The molecule has 0 radical (unpaired) electrons. The molecule has 1 unspecified atom stereocenters. The van der Waals surface area contributed by atoms with E-state index < -0.39 is 6.09 Å². The SMILES string of the molecule is Cn1cncc1CNC(=O)OC1CCc2c(sc(NC(=O)/C=C/c3ccoc3)c2C#N)C1. The van der Waals surface area contributed by atoms with E-state index in [2.05, 4.69) is 21.7 Å². The van der Waals surface area contributed by atoms with Gasteiger partial charge in [0, 0.05) is 36.2 Å². The number of carbonyl (C=O) groups excluding carboxylic acids is 2. The third-order valence-corrected chi connectivity index (χ3v) is 6.31. The zero-order valence-corrected chi connectivity index (χ0v) is 18.1. The van der Waals surface area contributed by atoms with Gasteiger partial charge in [0.1, 0.15) is 17.2 Å². The smallest absolute Gasteiger partial charge is 0.407 e. The summed E-state index contributed by atoms with van der Waals surface area (Å²) < 4.78 is 12.4. The van der Waals surface area contributed by atoms with E-state index in [4.69, 9.17) is 9.15 Å². The van der Waals surface area contributed by atoms with Crippen LogP contribution in [0, 0.1) is 11.3 Å². The van der Waals surface area contributed by atoms with Crippen molar-refractivity contribution in [3.8, 4) is 6.07 Å². The van der Waals surface area contributed by atoms with Crippen molar-refractivity contribution in [2.75, 3.05) is 5.32 Å². The minimum Gasteiger partial charge on any atom is -0.472 e. The van der Waals surface area contributed by atoms with Crippen molar-refractivity contribution in [1.82, 2.24) is 14.9 Å². The summed E-state index contributed by atoms with van der Waals surface area (Å²) in [7, 11) is 1.85. The molecule has 0 bridgehead atoms. The van der Waals surface area contributed by atoms with E-state index in [-0.39, 0.29) is 12.0 Å². The lowest BCUT2D eigenvalue weighted by atomic mass is 9.94. The summed E-state index contributed by atoms with van der Waals surface area (Å²) in [5.41, 5.74) is 3.04. The second kappa shape index (κ2) is 9.53. The number of fused-ring (bicyclic) bond motifs is 1. The molecule has 10 heteroatoms. The van der Waals surface area contributed by atoms with Crippen molar-refractivity contribution in [2.45, 2.75) is 31.9 Å². The molecule has 2 amide bonds. The summed E-state index contributed by atoms with van der Waals surface area (Å²) in [6.07, 6.45) is 10.4. The minimum atomic E-state index is -0.491. The number of rotatable bonds is 6. The zero-order chi connectivity index (χ0) is 22.5. The Morgan fingerprint density at radius 3 is 3.09 bits per heavy atom. The molecule has 3 heterocycles. The Kier molecular flexibility index (Phi) is 6.37. The second-order valence-corrected chi connectivity index (χ2v) is 8.42. The first-order valence-corrected chi connectivity index (χ1v) is 10.8. The highest BCUT2D eigenvalue weighted by atomic mass is 32.1. The molecule has 0 saturated heterocycles. The molecular weight excluding hydrogens is 430 g/mol. The number of furan rings is 1. The molecule has 0 saturated carbocycles. The summed E-state index contributed by atoms with van der Waals surface area (Å²) in [5, 5.41) is 15.7. The highest BCUT2D eigenvalue weighted by molar-refractivity contribution is 7.16. The summed E-state index contributed by atoms with van der Waals surface area (Å²) in [6, 6.07) is 3.94. The maximum atomic E-state index is 12.3. The molecule has 9 nitrogen and oxygen atoms in total. The van der Waals surface area contributed by atoms with Crippen molar-refractivity contribution in [1.29, 1.82) is 5.26 Å². The number of nitriles is 1. The van der Waals surface area contributed by atoms with Crippen LogP contribution in [0.4, 0.5) is 9.80 Å². The Labute approximate surface area is 188 Å². The fourth-order valence-electron chi connectivity index (χ4n) is 3.47. The zero-order valence-electron chi connectivity index (χ0n) is 17.3. The van der Waals surface area contributed by atoms with Gasteiger partial charge in [0.2, 0.25) is 5.91 Å². The third-order valence-electron chi connectivity index (χ3n) is 5.14. The van der Waals surface area contributed by atoms with Crippen LogP contribution in [0.3, 0.4) is 0 Å². The molecule has 0 aromatic carbocycles. The molecule has 0 spiro atoms. The van der Waals surface area contributed by atoms with Crippen molar-refractivity contribution >= 4 is 34.4 Å². The van der Waals surface area contributed by atoms with Gasteiger partial charge < -0.3 is 24.4 Å². The number of carbonyl (C=O) groups is 2. The third kappa shape index (κ3) is 4.90. The Bertz CT molecular complexity index is 1190. The fraction of sp³-hybridized carbons (Fsp3) is 0.273. The van der Waals surface area contributed by atoms with E-state index in [0.29, 0.717) is 36.4 Å². The van der Waals surface area contributed by atoms with E-state index in [1.807, 2.05) is 11.6 Å². The number of hydrogen-bond donors (Lipinski definition) is 2. The molecule has 3 aromatic heterocycles. The Balaban J connectivity index is 1.36. The van der Waals surface area contributed by atoms with E-state index >= 15 is 0 Å². The molecule has 0 aliphatic heterocycles. The highest BCUT2D eigenvalue weighted by Crippen LogP contribution is 2.38. The molecule has 2 N–H and O–H groups in total. The van der Waals surface area contributed by atoms with Gasteiger partial charge in [-0.15, -0.1) is 11.3 Å². The topological polar surface area (TPSA) is 122 Å². The first kappa shape index (κ1) is 21.4. The predicted molar refractivity (Wildman–Crippen MR) is 118 cm³/mol. The van der Waals surface area contributed by atoms with Crippen LogP contribution in [0.15, 0.2) is 41.6 Å². The van der Waals surface area contributed by atoms with Crippen molar-refractivity contribution in [3.63, 3.8) is 0 Å². The minimum absolute atomic E-state index is 0.288.